The Morgan fingerprint density at radius 2 is 2.24 bits per heavy atom. The van der Waals surface area contributed by atoms with E-state index >= 15 is 0 Å². The van der Waals surface area contributed by atoms with Crippen LogP contribution in [0.2, 0.25) is 0 Å². The molecule has 21 heavy (non-hydrogen) atoms. The van der Waals surface area contributed by atoms with Crippen LogP contribution < -0.4 is 0 Å². The fourth-order valence-corrected chi connectivity index (χ4v) is 2.59. The average molecular weight is 301 g/mol. The van der Waals surface area contributed by atoms with Crippen LogP contribution in [-0.2, 0) is 17.8 Å². The first kappa shape index (κ1) is 13.4. The van der Waals surface area contributed by atoms with Crippen molar-refractivity contribution in [1.29, 1.82) is 0 Å². The van der Waals surface area contributed by atoms with E-state index in [9.17, 15) is 4.79 Å². The molecule has 7 nitrogen and oxygen atoms in total. The Morgan fingerprint density at radius 1 is 1.33 bits per heavy atom. The van der Waals surface area contributed by atoms with Crippen LogP contribution in [0.1, 0.15) is 11.4 Å². The molecule has 3 rings (SSSR count). The summed E-state index contributed by atoms with van der Waals surface area (Å²) in [6.07, 6.45) is 3.22. The monoisotopic (exact) mass is 301 g/mol. The lowest BCUT2D eigenvalue weighted by Crippen LogP contribution is -2.01. The third-order valence-electron chi connectivity index (χ3n) is 2.68. The van der Waals surface area contributed by atoms with Crippen molar-refractivity contribution < 1.29 is 9.90 Å². The number of carboxylic acid groups (broad SMARTS) is 1. The van der Waals surface area contributed by atoms with Crippen LogP contribution in [0.4, 0.5) is 0 Å². The van der Waals surface area contributed by atoms with Crippen molar-refractivity contribution in [2.75, 3.05) is 0 Å². The van der Waals surface area contributed by atoms with Gasteiger partial charge in [0.05, 0.1) is 30.0 Å². The molecule has 0 aliphatic heterocycles. The minimum absolute atomic E-state index is 0.129. The zero-order valence-electron chi connectivity index (χ0n) is 10.9. The number of nitrogens with zero attached hydrogens (tertiary/aromatic N) is 5. The van der Waals surface area contributed by atoms with E-state index in [2.05, 4.69) is 20.3 Å². The van der Waals surface area contributed by atoms with Crippen molar-refractivity contribution in [2.24, 2.45) is 0 Å². The fraction of sp³-hybridized carbons (Fsp3) is 0.154. The van der Waals surface area contributed by atoms with E-state index in [0.717, 1.165) is 16.4 Å². The largest absolute Gasteiger partial charge is 0.481 e. The van der Waals surface area contributed by atoms with Crippen molar-refractivity contribution >= 4 is 17.3 Å². The molecule has 0 amide bonds. The van der Waals surface area contributed by atoms with E-state index in [4.69, 9.17) is 5.11 Å². The molecule has 0 atom stereocenters. The van der Waals surface area contributed by atoms with Gasteiger partial charge >= 0.3 is 5.97 Å². The maximum absolute atomic E-state index is 10.6. The van der Waals surface area contributed by atoms with E-state index in [-0.39, 0.29) is 6.42 Å². The second-order valence-electron chi connectivity index (χ2n) is 4.34. The molecule has 0 aliphatic carbocycles. The molecule has 106 valence electrons. The molecule has 3 heterocycles. The number of rotatable bonds is 5. The Kier molecular flexibility index (Phi) is 3.69. The van der Waals surface area contributed by atoms with Gasteiger partial charge in [-0.1, -0.05) is 11.3 Å². The third kappa shape index (κ3) is 3.29. The highest BCUT2D eigenvalue weighted by Gasteiger charge is 2.09. The molecule has 0 spiro atoms. The number of hydrogen-bond acceptors (Lipinski definition) is 6. The molecule has 0 saturated carbocycles. The highest BCUT2D eigenvalue weighted by atomic mass is 32.1. The summed E-state index contributed by atoms with van der Waals surface area (Å²) >= 11 is 1.51. The lowest BCUT2D eigenvalue weighted by atomic mass is 10.3. The quantitative estimate of drug-likeness (QED) is 0.767. The molecular weight excluding hydrogens is 290 g/mol. The maximum Gasteiger partial charge on any atom is 0.309 e. The Bertz CT molecular complexity index is 753. The second-order valence-corrected chi connectivity index (χ2v) is 5.20. The second kappa shape index (κ2) is 5.80. The highest BCUT2D eigenvalue weighted by molar-refractivity contribution is 7.13. The van der Waals surface area contributed by atoms with Crippen molar-refractivity contribution in [3.63, 3.8) is 0 Å². The summed E-state index contributed by atoms with van der Waals surface area (Å²) in [5.74, 6) is -0.923. The van der Waals surface area contributed by atoms with Crippen LogP contribution >= 0.6 is 11.3 Å². The molecule has 0 saturated heterocycles. The number of aromatic nitrogens is 5. The number of aliphatic carboxylic acids is 1. The van der Waals surface area contributed by atoms with Gasteiger partial charge in [-0.15, -0.1) is 16.4 Å². The molecule has 0 aliphatic rings. The molecule has 0 bridgehead atoms. The first-order valence-corrected chi connectivity index (χ1v) is 7.05. The number of pyridine rings is 1. The van der Waals surface area contributed by atoms with Crippen LogP contribution in [0.25, 0.3) is 10.7 Å². The fourth-order valence-electron chi connectivity index (χ4n) is 1.80. The lowest BCUT2D eigenvalue weighted by Gasteiger charge is -1.95. The molecule has 8 heteroatoms. The van der Waals surface area contributed by atoms with Crippen molar-refractivity contribution in [2.45, 2.75) is 13.0 Å². The van der Waals surface area contributed by atoms with Gasteiger partial charge in [0, 0.05) is 17.8 Å². The molecule has 0 unspecified atom stereocenters. The number of thiazole rings is 1. The summed E-state index contributed by atoms with van der Waals surface area (Å²) in [6.45, 7) is 0.454. The van der Waals surface area contributed by atoms with Gasteiger partial charge in [0.15, 0.2) is 0 Å². The van der Waals surface area contributed by atoms with Crippen molar-refractivity contribution in [3.8, 4) is 10.7 Å². The SMILES string of the molecule is O=C(O)Cc1cn(Cc2csc(-c3ccccn3)n2)nn1. The zero-order valence-corrected chi connectivity index (χ0v) is 11.7. The van der Waals surface area contributed by atoms with Crippen LogP contribution in [0, 0.1) is 0 Å². The van der Waals surface area contributed by atoms with Crippen LogP contribution in [0.5, 0.6) is 0 Å². The van der Waals surface area contributed by atoms with Gasteiger partial charge in [-0.25, -0.2) is 9.67 Å². The molecule has 0 radical (unpaired) electrons. The van der Waals surface area contributed by atoms with E-state index in [1.807, 2.05) is 23.6 Å². The molecular formula is C13H11N5O2S. The lowest BCUT2D eigenvalue weighted by molar-refractivity contribution is -0.136. The predicted molar refractivity (Wildman–Crippen MR) is 75.8 cm³/mol. The number of hydrogen-bond donors (Lipinski definition) is 1. The summed E-state index contributed by atoms with van der Waals surface area (Å²) in [5.41, 5.74) is 2.11. The molecule has 0 aromatic carbocycles. The van der Waals surface area contributed by atoms with Gasteiger partial charge in [0.25, 0.3) is 0 Å². The standard InChI is InChI=1S/C13H11N5O2S/c19-12(20)5-9-6-18(17-16-9)7-10-8-21-13(15-10)11-3-1-2-4-14-11/h1-4,6,8H,5,7H2,(H,19,20). The topological polar surface area (TPSA) is 93.8 Å². The van der Waals surface area contributed by atoms with Gasteiger partial charge in [0.2, 0.25) is 0 Å². The van der Waals surface area contributed by atoms with Gasteiger partial charge < -0.3 is 5.11 Å². The number of carboxylic acids is 1. The maximum atomic E-state index is 10.6. The summed E-state index contributed by atoms with van der Waals surface area (Å²) < 4.78 is 1.58. The summed E-state index contributed by atoms with van der Waals surface area (Å²) in [7, 11) is 0. The minimum Gasteiger partial charge on any atom is -0.481 e. The van der Waals surface area contributed by atoms with Gasteiger partial charge in [-0.2, -0.15) is 0 Å². The summed E-state index contributed by atoms with van der Waals surface area (Å²) in [6, 6.07) is 5.68. The van der Waals surface area contributed by atoms with E-state index < -0.39 is 5.97 Å². The van der Waals surface area contributed by atoms with Gasteiger partial charge in [-0.05, 0) is 12.1 Å². The number of carbonyl (C=O) groups is 1. The Morgan fingerprint density at radius 3 is 3.00 bits per heavy atom. The van der Waals surface area contributed by atoms with Crippen LogP contribution in [-0.4, -0.2) is 36.0 Å². The van der Waals surface area contributed by atoms with Crippen molar-refractivity contribution in [3.05, 3.63) is 47.4 Å². The zero-order chi connectivity index (χ0) is 14.7. The van der Waals surface area contributed by atoms with Gasteiger partial charge in [0.1, 0.15) is 5.01 Å². The summed E-state index contributed by atoms with van der Waals surface area (Å²) in [5, 5.41) is 19.2. The van der Waals surface area contributed by atoms with Crippen molar-refractivity contribution in [1.82, 2.24) is 25.0 Å². The van der Waals surface area contributed by atoms with E-state index in [1.54, 1.807) is 17.1 Å². The minimum atomic E-state index is -0.923. The van der Waals surface area contributed by atoms with Crippen LogP contribution in [0.3, 0.4) is 0 Å². The van der Waals surface area contributed by atoms with Gasteiger partial charge in [-0.3, -0.25) is 9.78 Å². The summed E-state index contributed by atoms with van der Waals surface area (Å²) in [4.78, 5) is 19.4. The smallest absolute Gasteiger partial charge is 0.309 e. The molecule has 0 fully saturated rings. The van der Waals surface area contributed by atoms with Crippen LogP contribution in [0.15, 0.2) is 36.0 Å². The average Bonchev–Trinajstić information content (AvgIpc) is 3.09. The Labute approximate surface area is 123 Å². The Hall–Kier alpha value is -2.61. The molecule has 3 aromatic rings. The first-order valence-electron chi connectivity index (χ1n) is 6.17. The first-order chi connectivity index (χ1) is 10.2. The third-order valence-corrected chi connectivity index (χ3v) is 3.59. The normalized spacial score (nSPS) is 10.7. The van der Waals surface area contributed by atoms with E-state index in [1.165, 1.54) is 11.3 Å². The molecule has 1 N–H and O–H groups in total. The highest BCUT2D eigenvalue weighted by Crippen LogP contribution is 2.21. The Balaban J connectivity index is 1.73. The predicted octanol–water partition coefficient (Wildman–Crippen LogP) is 1.47. The van der Waals surface area contributed by atoms with E-state index in [0.29, 0.717) is 12.2 Å². The molecule has 3 aromatic heterocycles.